The number of aliphatic hydroxyl groups is 1. The molecule has 0 aliphatic heterocycles. The zero-order valence-electron chi connectivity index (χ0n) is 9.81. The molecule has 0 atom stereocenters. The Morgan fingerprint density at radius 3 is 1.71 bits per heavy atom. The molecule has 0 spiro atoms. The fraction of sp³-hybridized carbons (Fsp3) is 1.00. The van der Waals surface area contributed by atoms with Crippen molar-refractivity contribution in [1.29, 1.82) is 0 Å². The Morgan fingerprint density at radius 2 is 1.43 bits per heavy atom. The van der Waals surface area contributed by atoms with E-state index >= 15 is 0 Å². The molecule has 0 amide bonds. The van der Waals surface area contributed by atoms with E-state index in [1.807, 2.05) is 0 Å². The van der Waals surface area contributed by atoms with E-state index in [1.54, 1.807) is 0 Å². The Bertz CT molecular complexity index is 172. The molecule has 0 bridgehead atoms. The van der Waals surface area contributed by atoms with Crippen LogP contribution in [-0.2, 0) is 10.4 Å². The van der Waals surface area contributed by atoms with Gasteiger partial charge in [0, 0.05) is 6.61 Å². The zero-order chi connectivity index (χ0) is 10.7. The summed E-state index contributed by atoms with van der Waals surface area (Å²) in [7, 11) is -4.67. The molecule has 0 aliphatic rings. The van der Waals surface area contributed by atoms with Crippen molar-refractivity contribution >= 4 is 10.4 Å². The van der Waals surface area contributed by atoms with Crippen LogP contribution in [0.3, 0.4) is 0 Å². The maximum atomic E-state index is 8.74. The van der Waals surface area contributed by atoms with Gasteiger partial charge in [-0.15, -0.1) is 0 Å². The predicted molar refractivity (Wildman–Crippen MR) is 51.1 cm³/mol. The van der Waals surface area contributed by atoms with Gasteiger partial charge in [-0.2, -0.15) is 8.42 Å². The number of unbranched alkanes of at least 4 members (excludes halogenated alkanes) is 4. The number of rotatable bonds is 5. The van der Waals surface area contributed by atoms with Crippen LogP contribution in [0, 0.1) is 0 Å². The summed E-state index contributed by atoms with van der Waals surface area (Å²) in [6.07, 6.45) is 6.08. The average molecular weight is 254 g/mol. The molecule has 0 aliphatic carbocycles. The Kier molecular flexibility index (Phi) is 21.5. The first-order valence-electron chi connectivity index (χ1n) is 4.22. The van der Waals surface area contributed by atoms with Crippen LogP contribution in [0.1, 0.15) is 40.5 Å². The van der Waals surface area contributed by atoms with E-state index in [4.69, 9.17) is 22.6 Å². The molecule has 0 unspecified atom stereocenters. The van der Waals surface area contributed by atoms with Crippen molar-refractivity contribution in [3.05, 3.63) is 0 Å². The van der Waals surface area contributed by atoms with Gasteiger partial charge >= 0.3 is 61.8 Å². The molecule has 5 nitrogen and oxygen atoms in total. The second-order valence-corrected chi connectivity index (χ2v) is 3.48. The van der Waals surface area contributed by atoms with E-state index in [0.29, 0.717) is 6.61 Å². The van der Waals surface area contributed by atoms with Crippen LogP contribution in [-0.4, -0.2) is 29.2 Å². The fourth-order valence-corrected chi connectivity index (χ4v) is 0.715. The van der Waals surface area contributed by atoms with Gasteiger partial charge in [0.05, 0.1) is 0 Å². The minimum Gasteiger partial charge on any atom is -1.00 e. The second-order valence-electron chi connectivity index (χ2n) is 2.59. The molecule has 3 N–H and O–H groups in total. The number of aliphatic hydroxyl groups excluding tert-OH is 1. The van der Waals surface area contributed by atoms with Gasteiger partial charge in [0.1, 0.15) is 0 Å². The summed E-state index contributed by atoms with van der Waals surface area (Å²) >= 11 is 0. The monoisotopic (exact) mass is 254 g/mol. The minimum absolute atomic E-state index is 0. The summed E-state index contributed by atoms with van der Waals surface area (Å²) in [5.41, 5.74) is 0. The summed E-state index contributed by atoms with van der Waals surface area (Å²) in [5, 5.41) is 8.37. The average Bonchev–Trinajstić information content (AvgIpc) is 1.95. The van der Waals surface area contributed by atoms with E-state index in [0.717, 1.165) is 6.42 Å². The molecule has 0 rings (SSSR count). The third-order valence-corrected chi connectivity index (χ3v) is 1.26. The molecule has 0 fully saturated rings. The van der Waals surface area contributed by atoms with Gasteiger partial charge in [-0.1, -0.05) is 32.6 Å². The minimum atomic E-state index is -4.67. The maximum absolute atomic E-state index is 8.74. The predicted octanol–water partition coefficient (Wildman–Crippen LogP) is -1.59. The number of hydrogen-bond acceptors (Lipinski definition) is 3. The molecule has 14 heavy (non-hydrogen) atoms. The fourth-order valence-electron chi connectivity index (χ4n) is 0.715. The standard InChI is InChI=1S/C7H16O.K.H2O4S.H/c1-2-3-4-5-6-7-8;;1-5(2,3)4;/h8H,2-7H2,1H3;;(H2,1,2,3,4);/q;+1;;-1. The van der Waals surface area contributed by atoms with Crippen LogP contribution in [0.2, 0.25) is 0 Å². The van der Waals surface area contributed by atoms with Crippen LogP contribution in [0.15, 0.2) is 0 Å². The van der Waals surface area contributed by atoms with Gasteiger partial charge in [0.25, 0.3) is 0 Å². The topological polar surface area (TPSA) is 94.8 Å². The van der Waals surface area contributed by atoms with E-state index in [9.17, 15) is 0 Å². The van der Waals surface area contributed by atoms with Crippen molar-refractivity contribution in [2.75, 3.05) is 6.61 Å². The van der Waals surface area contributed by atoms with Gasteiger partial charge in [-0.3, -0.25) is 9.11 Å². The van der Waals surface area contributed by atoms with Crippen molar-refractivity contribution in [2.45, 2.75) is 39.0 Å². The smallest absolute Gasteiger partial charge is 1.00 e. The third-order valence-electron chi connectivity index (χ3n) is 1.26. The van der Waals surface area contributed by atoms with Crippen molar-refractivity contribution in [2.24, 2.45) is 0 Å². The molecular weight excluding hydrogens is 235 g/mol. The summed E-state index contributed by atoms with van der Waals surface area (Å²) in [6, 6.07) is 0. The SMILES string of the molecule is CCCCCCCO.O=S(=O)(O)O.[H-].[K+]. The first kappa shape index (κ1) is 20.8. The second kappa shape index (κ2) is 14.5. The van der Waals surface area contributed by atoms with E-state index < -0.39 is 10.4 Å². The summed E-state index contributed by atoms with van der Waals surface area (Å²) in [4.78, 5) is 0. The van der Waals surface area contributed by atoms with Crippen LogP contribution in [0.4, 0.5) is 0 Å². The zero-order valence-corrected chi connectivity index (χ0v) is 12.7. The molecule has 0 aromatic rings. The van der Waals surface area contributed by atoms with Crippen LogP contribution in [0.25, 0.3) is 0 Å². The van der Waals surface area contributed by atoms with Crippen LogP contribution < -0.4 is 51.4 Å². The molecule has 0 aromatic heterocycles. The summed E-state index contributed by atoms with van der Waals surface area (Å²) < 4.78 is 31.6. The summed E-state index contributed by atoms with van der Waals surface area (Å²) in [6.45, 7) is 2.56. The van der Waals surface area contributed by atoms with Crippen molar-refractivity contribution < 1.29 is 75.4 Å². The molecule has 0 saturated heterocycles. The summed E-state index contributed by atoms with van der Waals surface area (Å²) in [5.74, 6) is 0. The molecule has 0 radical (unpaired) electrons. The van der Waals surface area contributed by atoms with Gasteiger partial charge in [0.2, 0.25) is 0 Å². The molecule has 7 heteroatoms. The van der Waals surface area contributed by atoms with Crippen LogP contribution in [0.5, 0.6) is 0 Å². The third kappa shape index (κ3) is 50.1. The Morgan fingerprint density at radius 1 is 1.07 bits per heavy atom. The van der Waals surface area contributed by atoms with Gasteiger partial charge < -0.3 is 6.53 Å². The number of hydrogen-bond donors (Lipinski definition) is 3. The molecule has 0 saturated carbocycles. The normalized spacial score (nSPS) is 9.71. The molecular formula is C7H19KO5S. The molecule has 0 heterocycles. The van der Waals surface area contributed by atoms with Crippen LogP contribution >= 0.6 is 0 Å². The molecule has 84 valence electrons. The first-order chi connectivity index (χ1) is 5.91. The van der Waals surface area contributed by atoms with Crippen molar-refractivity contribution in [3.63, 3.8) is 0 Å². The van der Waals surface area contributed by atoms with E-state index in [1.165, 1.54) is 25.7 Å². The Hall–Kier alpha value is 1.47. The van der Waals surface area contributed by atoms with Gasteiger partial charge in [-0.25, -0.2) is 0 Å². The van der Waals surface area contributed by atoms with Gasteiger partial charge in [-0.05, 0) is 6.42 Å². The van der Waals surface area contributed by atoms with E-state index in [-0.39, 0.29) is 52.8 Å². The van der Waals surface area contributed by atoms with Crippen molar-refractivity contribution in [3.8, 4) is 0 Å². The first-order valence-corrected chi connectivity index (χ1v) is 5.62. The van der Waals surface area contributed by atoms with Crippen molar-refractivity contribution in [1.82, 2.24) is 0 Å². The molecule has 0 aromatic carbocycles. The Balaban J connectivity index is -0.0000000770. The quantitative estimate of drug-likeness (QED) is 0.312. The maximum Gasteiger partial charge on any atom is 1.00 e. The van der Waals surface area contributed by atoms with E-state index in [2.05, 4.69) is 6.92 Å². The largest absolute Gasteiger partial charge is 1.00 e. The Labute approximate surface area is 130 Å². The van der Waals surface area contributed by atoms with Gasteiger partial charge in [0.15, 0.2) is 0 Å².